The molecule has 0 amide bonds. The van der Waals surface area contributed by atoms with Crippen molar-refractivity contribution in [1.82, 2.24) is 0 Å². The topological polar surface area (TPSA) is 30.5 Å². The Labute approximate surface area is 119 Å². The van der Waals surface area contributed by atoms with Crippen molar-refractivity contribution in [2.75, 3.05) is 25.6 Å². The molecule has 3 nitrogen and oxygen atoms in total. The first-order valence-electron chi connectivity index (χ1n) is 6.97. The summed E-state index contributed by atoms with van der Waals surface area (Å²) >= 11 is 0. The van der Waals surface area contributed by atoms with Crippen LogP contribution in [-0.4, -0.2) is 20.3 Å². The molecule has 0 saturated carbocycles. The quantitative estimate of drug-likeness (QED) is 0.918. The molecule has 2 aromatic rings. The summed E-state index contributed by atoms with van der Waals surface area (Å²) in [6, 6.07) is 16.2. The van der Waals surface area contributed by atoms with Gasteiger partial charge in [-0.15, -0.1) is 0 Å². The Morgan fingerprint density at radius 2 is 1.80 bits per heavy atom. The fourth-order valence-electron chi connectivity index (χ4n) is 2.65. The summed E-state index contributed by atoms with van der Waals surface area (Å²) in [4.78, 5) is 0. The van der Waals surface area contributed by atoms with Crippen LogP contribution in [0.2, 0.25) is 0 Å². The number of nitrogens with one attached hydrogen (secondary N) is 1. The van der Waals surface area contributed by atoms with E-state index in [1.54, 1.807) is 7.11 Å². The molecule has 1 aliphatic rings. The summed E-state index contributed by atoms with van der Waals surface area (Å²) in [7, 11) is 1.67. The van der Waals surface area contributed by atoms with Gasteiger partial charge in [-0.05, 0) is 30.2 Å². The van der Waals surface area contributed by atoms with Gasteiger partial charge in [-0.25, -0.2) is 0 Å². The summed E-state index contributed by atoms with van der Waals surface area (Å²) in [6.07, 6.45) is 1.09. The van der Waals surface area contributed by atoms with Crippen LogP contribution in [0.3, 0.4) is 0 Å². The van der Waals surface area contributed by atoms with E-state index < -0.39 is 0 Å². The molecule has 20 heavy (non-hydrogen) atoms. The third-order valence-corrected chi connectivity index (χ3v) is 3.72. The van der Waals surface area contributed by atoms with Gasteiger partial charge in [0.05, 0.1) is 13.7 Å². The lowest BCUT2D eigenvalue weighted by molar-refractivity contribution is 0.266. The number of rotatable bonds is 4. The Kier molecular flexibility index (Phi) is 3.77. The fourth-order valence-corrected chi connectivity index (χ4v) is 2.65. The number of hydrogen-bond acceptors (Lipinski definition) is 3. The van der Waals surface area contributed by atoms with Crippen molar-refractivity contribution < 1.29 is 9.47 Å². The van der Waals surface area contributed by atoms with Gasteiger partial charge in [0.15, 0.2) is 11.5 Å². The lowest BCUT2D eigenvalue weighted by Crippen LogP contribution is -2.21. The van der Waals surface area contributed by atoms with Gasteiger partial charge in [0.25, 0.3) is 0 Å². The fraction of sp³-hybridized carbons (Fsp3) is 0.294. The molecule has 0 saturated heterocycles. The first kappa shape index (κ1) is 12.9. The standard InChI is InChI=1S/C17H19NO2/c1-19-16-8-4-5-9-17(16)20-12-13-10-11-18-15-7-3-2-6-14(13)15/h2-9,13,18H,10-12H2,1H3. The van der Waals surface area contributed by atoms with E-state index in [0.717, 1.165) is 24.5 Å². The minimum Gasteiger partial charge on any atom is -0.493 e. The van der Waals surface area contributed by atoms with Crippen LogP contribution in [0.1, 0.15) is 17.9 Å². The van der Waals surface area contributed by atoms with Crippen molar-refractivity contribution in [3.05, 3.63) is 54.1 Å². The molecule has 0 fully saturated rings. The van der Waals surface area contributed by atoms with Crippen LogP contribution in [0.25, 0.3) is 0 Å². The SMILES string of the molecule is COc1ccccc1OCC1CCNc2ccccc21. The molecule has 1 atom stereocenters. The molecular weight excluding hydrogens is 250 g/mol. The molecule has 1 N–H and O–H groups in total. The van der Waals surface area contributed by atoms with Crippen LogP contribution >= 0.6 is 0 Å². The molecule has 2 aromatic carbocycles. The molecule has 0 spiro atoms. The Hall–Kier alpha value is -2.16. The summed E-state index contributed by atoms with van der Waals surface area (Å²) in [5, 5.41) is 3.43. The van der Waals surface area contributed by atoms with Crippen LogP contribution in [-0.2, 0) is 0 Å². The van der Waals surface area contributed by atoms with Gasteiger partial charge in [0, 0.05) is 18.2 Å². The Bertz CT molecular complexity index is 583. The number of methoxy groups -OCH3 is 1. The molecule has 1 aliphatic heterocycles. The van der Waals surface area contributed by atoms with Gasteiger partial charge in [-0.3, -0.25) is 0 Å². The van der Waals surface area contributed by atoms with Gasteiger partial charge in [-0.1, -0.05) is 30.3 Å². The maximum Gasteiger partial charge on any atom is 0.161 e. The highest BCUT2D eigenvalue weighted by atomic mass is 16.5. The summed E-state index contributed by atoms with van der Waals surface area (Å²) in [5.74, 6) is 2.03. The largest absolute Gasteiger partial charge is 0.493 e. The molecule has 3 rings (SSSR count). The first-order valence-corrected chi connectivity index (χ1v) is 6.97. The maximum atomic E-state index is 5.97. The normalized spacial score (nSPS) is 16.9. The zero-order valence-corrected chi connectivity index (χ0v) is 11.6. The van der Waals surface area contributed by atoms with Crippen molar-refractivity contribution in [2.24, 2.45) is 0 Å². The molecule has 1 unspecified atom stereocenters. The molecule has 0 radical (unpaired) electrons. The molecule has 1 heterocycles. The Morgan fingerprint density at radius 1 is 1.05 bits per heavy atom. The molecular formula is C17H19NO2. The van der Waals surface area contributed by atoms with Crippen molar-refractivity contribution in [1.29, 1.82) is 0 Å². The number of anilines is 1. The number of hydrogen-bond donors (Lipinski definition) is 1. The molecule has 0 aromatic heterocycles. The Balaban J connectivity index is 1.73. The highest BCUT2D eigenvalue weighted by molar-refractivity contribution is 5.54. The average Bonchev–Trinajstić information content (AvgIpc) is 2.53. The van der Waals surface area contributed by atoms with E-state index in [-0.39, 0.29) is 0 Å². The third-order valence-electron chi connectivity index (χ3n) is 3.72. The number of fused-ring (bicyclic) bond motifs is 1. The predicted octanol–water partition coefficient (Wildman–Crippen LogP) is 3.67. The average molecular weight is 269 g/mol. The van der Waals surface area contributed by atoms with Crippen LogP contribution in [0.5, 0.6) is 11.5 Å². The van der Waals surface area contributed by atoms with Crippen LogP contribution < -0.4 is 14.8 Å². The van der Waals surface area contributed by atoms with Crippen molar-refractivity contribution >= 4 is 5.69 Å². The summed E-state index contributed by atoms with van der Waals surface area (Å²) < 4.78 is 11.3. The minimum atomic E-state index is 0.428. The van der Waals surface area contributed by atoms with Gasteiger partial charge < -0.3 is 14.8 Å². The third kappa shape index (κ3) is 2.57. The predicted molar refractivity (Wildman–Crippen MR) is 80.8 cm³/mol. The van der Waals surface area contributed by atoms with E-state index in [2.05, 4.69) is 29.6 Å². The van der Waals surface area contributed by atoms with Crippen molar-refractivity contribution in [3.8, 4) is 11.5 Å². The zero-order chi connectivity index (χ0) is 13.8. The second-order valence-corrected chi connectivity index (χ2v) is 4.96. The smallest absolute Gasteiger partial charge is 0.161 e. The van der Waals surface area contributed by atoms with Gasteiger partial charge >= 0.3 is 0 Å². The van der Waals surface area contributed by atoms with Crippen molar-refractivity contribution in [2.45, 2.75) is 12.3 Å². The second-order valence-electron chi connectivity index (χ2n) is 4.96. The maximum absolute atomic E-state index is 5.97. The zero-order valence-electron chi connectivity index (χ0n) is 11.6. The minimum absolute atomic E-state index is 0.428. The monoisotopic (exact) mass is 269 g/mol. The molecule has 104 valence electrons. The number of para-hydroxylation sites is 3. The highest BCUT2D eigenvalue weighted by Gasteiger charge is 2.20. The van der Waals surface area contributed by atoms with E-state index in [4.69, 9.17) is 9.47 Å². The number of ether oxygens (including phenoxy) is 2. The van der Waals surface area contributed by atoms with Crippen molar-refractivity contribution in [3.63, 3.8) is 0 Å². The molecule has 0 bridgehead atoms. The second kappa shape index (κ2) is 5.87. The van der Waals surface area contributed by atoms with Crippen LogP contribution in [0.4, 0.5) is 5.69 Å². The van der Waals surface area contributed by atoms with E-state index >= 15 is 0 Å². The van der Waals surface area contributed by atoms with Crippen LogP contribution in [0, 0.1) is 0 Å². The van der Waals surface area contributed by atoms with Crippen LogP contribution in [0.15, 0.2) is 48.5 Å². The van der Waals surface area contributed by atoms with E-state index in [1.165, 1.54) is 11.3 Å². The van der Waals surface area contributed by atoms with Gasteiger partial charge in [0.2, 0.25) is 0 Å². The van der Waals surface area contributed by atoms with E-state index in [0.29, 0.717) is 12.5 Å². The summed E-state index contributed by atoms with van der Waals surface area (Å²) in [6.45, 7) is 1.68. The summed E-state index contributed by atoms with van der Waals surface area (Å²) in [5.41, 5.74) is 2.57. The molecule has 0 aliphatic carbocycles. The van der Waals surface area contributed by atoms with Gasteiger partial charge in [-0.2, -0.15) is 0 Å². The van der Waals surface area contributed by atoms with E-state index in [1.807, 2.05) is 24.3 Å². The first-order chi connectivity index (χ1) is 9.88. The number of benzene rings is 2. The lowest BCUT2D eigenvalue weighted by atomic mass is 9.92. The van der Waals surface area contributed by atoms with E-state index in [9.17, 15) is 0 Å². The Morgan fingerprint density at radius 3 is 2.65 bits per heavy atom. The highest BCUT2D eigenvalue weighted by Crippen LogP contribution is 2.33. The molecule has 3 heteroatoms. The van der Waals surface area contributed by atoms with Gasteiger partial charge in [0.1, 0.15) is 0 Å². The lowest BCUT2D eigenvalue weighted by Gasteiger charge is -2.26.